The second-order valence-electron chi connectivity index (χ2n) is 6.39. The molecule has 1 aromatic carbocycles. The summed E-state index contributed by atoms with van der Waals surface area (Å²) in [6, 6.07) is 4.50. The second kappa shape index (κ2) is 8.79. The van der Waals surface area contributed by atoms with Crippen molar-refractivity contribution < 1.29 is 14.0 Å². The van der Waals surface area contributed by atoms with E-state index in [1.54, 1.807) is 23.5 Å². The molecule has 146 valence electrons. The Bertz CT molecular complexity index is 1050. The summed E-state index contributed by atoms with van der Waals surface area (Å²) < 4.78 is 14.3. The molecule has 3 aromatic rings. The van der Waals surface area contributed by atoms with Crippen LogP contribution in [-0.4, -0.2) is 34.0 Å². The number of aryl methyl sites for hydroxylation is 2. The molecule has 28 heavy (non-hydrogen) atoms. The molecule has 0 spiro atoms. The van der Waals surface area contributed by atoms with E-state index in [0.29, 0.717) is 24.1 Å². The number of hydrogen-bond acceptors (Lipinski definition) is 6. The van der Waals surface area contributed by atoms with Crippen LogP contribution in [0.1, 0.15) is 33.3 Å². The third kappa shape index (κ3) is 4.56. The molecular formula is C20H20FN3O2S2. The van der Waals surface area contributed by atoms with Crippen molar-refractivity contribution in [1.82, 2.24) is 15.3 Å². The number of ketones is 1. The largest absolute Gasteiger partial charge is 0.356 e. The first kappa shape index (κ1) is 20.4. The average molecular weight is 418 g/mol. The number of nitrogens with one attached hydrogen (secondary N) is 1. The van der Waals surface area contributed by atoms with E-state index in [2.05, 4.69) is 15.3 Å². The number of thiophene rings is 1. The molecule has 8 heteroatoms. The first-order valence-electron chi connectivity index (χ1n) is 8.76. The lowest BCUT2D eigenvalue weighted by Gasteiger charge is -2.07. The van der Waals surface area contributed by atoms with Crippen LogP contribution in [0.5, 0.6) is 0 Å². The van der Waals surface area contributed by atoms with E-state index >= 15 is 0 Å². The van der Waals surface area contributed by atoms with Gasteiger partial charge in [0.15, 0.2) is 5.78 Å². The molecule has 0 fully saturated rings. The molecule has 0 saturated carbocycles. The third-order valence-electron chi connectivity index (χ3n) is 4.41. The maximum atomic E-state index is 14.3. The molecule has 5 nitrogen and oxygen atoms in total. The number of thioether (sulfide) groups is 1. The molecule has 2 aromatic heterocycles. The first-order valence-corrected chi connectivity index (χ1v) is 10.6. The Kier molecular flexibility index (Phi) is 6.41. The fourth-order valence-electron chi connectivity index (χ4n) is 2.77. The Hall–Kier alpha value is -2.32. The van der Waals surface area contributed by atoms with Gasteiger partial charge in [-0.1, -0.05) is 23.9 Å². The van der Waals surface area contributed by atoms with Crippen LogP contribution in [-0.2, 0) is 11.2 Å². The maximum Gasteiger partial charge on any atom is 0.216 e. The van der Waals surface area contributed by atoms with Crippen LogP contribution < -0.4 is 5.32 Å². The zero-order chi connectivity index (χ0) is 20.3. The fraction of sp³-hybridized carbons (Fsp3) is 0.300. The summed E-state index contributed by atoms with van der Waals surface area (Å²) in [5, 5.41) is 4.39. The predicted octanol–water partition coefficient (Wildman–Crippen LogP) is 4.10. The van der Waals surface area contributed by atoms with Gasteiger partial charge in [0.1, 0.15) is 22.0 Å². The highest BCUT2D eigenvalue weighted by Crippen LogP contribution is 2.34. The van der Waals surface area contributed by atoms with Gasteiger partial charge >= 0.3 is 0 Å². The van der Waals surface area contributed by atoms with Crippen LogP contribution in [0.4, 0.5) is 4.39 Å². The zero-order valence-corrected chi connectivity index (χ0v) is 17.5. The van der Waals surface area contributed by atoms with E-state index in [-0.39, 0.29) is 17.4 Å². The van der Waals surface area contributed by atoms with E-state index in [9.17, 15) is 14.0 Å². The van der Waals surface area contributed by atoms with Gasteiger partial charge in [0.05, 0.1) is 5.75 Å². The zero-order valence-electron chi connectivity index (χ0n) is 15.8. The van der Waals surface area contributed by atoms with Gasteiger partial charge in [-0.2, -0.15) is 0 Å². The Labute approximate surface area is 170 Å². The van der Waals surface area contributed by atoms with Crippen molar-refractivity contribution >= 4 is 45.0 Å². The summed E-state index contributed by atoms with van der Waals surface area (Å²) in [6.07, 6.45) is 1.89. The van der Waals surface area contributed by atoms with Crippen molar-refractivity contribution in [3.05, 3.63) is 51.9 Å². The Morgan fingerprint density at radius 1 is 1.25 bits per heavy atom. The standard InChI is InChI=1S/C20H20FN3O2S2/c1-11-12(2)28-20-18(11)19(23-10-24-20)27-9-17(26)15-5-4-14(16(21)8-15)6-7-22-13(3)25/h4-5,8,10H,6-7,9H2,1-3H3,(H,22,25). The Balaban J connectivity index is 1.69. The summed E-state index contributed by atoms with van der Waals surface area (Å²) >= 11 is 2.95. The van der Waals surface area contributed by atoms with Crippen molar-refractivity contribution in [2.45, 2.75) is 32.2 Å². The lowest BCUT2D eigenvalue weighted by molar-refractivity contribution is -0.118. The number of Topliss-reactive ketones (excluding diaryl/α,β-unsaturated/α-hetero) is 1. The molecule has 1 amide bonds. The van der Waals surface area contributed by atoms with Crippen LogP contribution in [0.25, 0.3) is 10.2 Å². The van der Waals surface area contributed by atoms with Crippen LogP contribution >= 0.6 is 23.1 Å². The minimum absolute atomic E-state index is 0.154. The molecular weight excluding hydrogens is 397 g/mol. The van der Waals surface area contributed by atoms with Crippen LogP contribution in [0, 0.1) is 19.7 Å². The topological polar surface area (TPSA) is 72.0 Å². The number of carbonyl (C=O) groups is 2. The summed E-state index contributed by atoms with van der Waals surface area (Å²) in [6.45, 7) is 5.84. The smallest absolute Gasteiger partial charge is 0.216 e. The number of amides is 1. The van der Waals surface area contributed by atoms with Gasteiger partial charge in [0.25, 0.3) is 0 Å². The van der Waals surface area contributed by atoms with Crippen LogP contribution in [0.15, 0.2) is 29.6 Å². The molecule has 0 aliphatic carbocycles. The van der Waals surface area contributed by atoms with Gasteiger partial charge < -0.3 is 5.32 Å². The maximum absolute atomic E-state index is 14.3. The molecule has 0 atom stereocenters. The van der Waals surface area contributed by atoms with Gasteiger partial charge in [-0.15, -0.1) is 11.3 Å². The van der Waals surface area contributed by atoms with Crippen molar-refractivity contribution in [3.8, 4) is 0 Å². The Morgan fingerprint density at radius 2 is 2.04 bits per heavy atom. The Morgan fingerprint density at radius 3 is 2.75 bits per heavy atom. The van der Waals surface area contributed by atoms with Crippen LogP contribution in [0.2, 0.25) is 0 Å². The highest BCUT2D eigenvalue weighted by Gasteiger charge is 2.15. The number of halogens is 1. The van der Waals surface area contributed by atoms with Crippen LogP contribution in [0.3, 0.4) is 0 Å². The molecule has 0 radical (unpaired) electrons. The second-order valence-corrected chi connectivity index (χ2v) is 8.56. The summed E-state index contributed by atoms with van der Waals surface area (Å²) in [7, 11) is 0. The molecule has 0 aliphatic rings. The molecule has 2 heterocycles. The van der Waals surface area contributed by atoms with E-state index in [1.165, 1.54) is 36.0 Å². The van der Waals surface area contributed by atoms with Gasteiger partial charge in [-0.25, -0.2) is 14.4 Å². The van der Waals surface area contributed by atoms with Crippen molar-refractivity contribution in [3.63, 3.8) is 0 Å². The molecule has 1 N–H and O–H groups in total. The van der Waals surface area contributed by atoms with Crippen molar-refractivity contribution in [2.75, 3.05) is 12.3 Å². The van der Waals surface area contributed by atoms with Crippen molar-refractivity contribution in [2.24, 2.45) is 0 Å². The number of hydrogen-bond donors (Lipinski definition) is 1. The lowest BCUT2D eigenvalue weighted by atomic mass is 10.1. The molecule has 0 saturated heterocycles. The number of nitrogens with zero attached hydrogens (tertiary/aromatic N) is 2. The number of fused-ring (bicyclic) bond motifs is 1. The van der Waals surface area contributed by atoms with E-state index in [0.717, 1.165) is 20.8 Å². The highest BCUT2D eigenvalue weighted by atomic mass is 32.2. The third-order valence-corrected chi connectivity index (χ3v) is 6.52. The number of carbonyl (C=O) groups excluding carboxylic acids is 2. The van der Waals surface area contributed by atoms with Gasteiger partial charge in [-0.05, 0) is 37.5 Å². The molecule has 0 bridgehead atoms. The van der Waals surface area contributed by atoms with Gasteiger partial charge in [0.2, 0.25) is 5.91 Å². The number of benzene rings is 1. The normalized spacial score (nSPS) is 11.0. The molecule has 3 rings (SSSR count). The minimum Gasteiger partial charge on any atom is -0.356 e. The quantitative estimate of drug-likeness (QED) is 0.356. The van der Waals surface area contributed by atoms with Gasteiger partial charge in [-0.3, -0.25) is 9.59 Å². The average Bonchev–Trinajstić information content (AvgIpc) is 2.95. The first-order chi connectivity index (χ1) is 13.4. The van der Waals surface area contributed by atoms with Gasteiger partial charge in [0, 0.05) is 29.3 Å². The molecule has 0 aliphatic heterocycles. The lowest BCUT2D eigenvalue weighted by Crippen LogP contribution is -2.22. The predicted molar refractivity (Wildman–Crippen MR) is 111 cm³/mol. The SMILES string of the molecule is CC(=O)NCCc1ccc(C(=O)CSc2ncnc3sc(C)c(C)c23)cc1F. The highest BCUT2D eigenvalue weighted by molar-refractivity contribution is 8.00. The molecule has 0 unspecified atom stereocenters. The summed E-state index contributed by atoms with van der Waals surface area (Å²) in [5.41, 5.74) is 1.93. The number of aromatic nitrogens is 2. The van der Waals surface area contributed by atoms with E-state index < -0.39 is 5.82 Å². The summed E-state index contributed by atoms with van der Waals surface area (Å²) in [4.78, 5) is 34.1. The van der Waals surface area contributed by atoms with Crippen molar-refractivity contribution in [1.29, 1.82) is 0 Å². The summed E-state index contributed by atoms with van der Waals surface area (Å²) in [5.74, 6) is -0.576. The monoisotopic (exact) mass is 417 g/mol. The fourth-order valence-corrected chi connectivity index (χ4v) is 4.79. The number of rotatable bonds is 7. The van der Waals surface area contributed by atoms with E-state index in [1.807, 2.05) is 13.8 Å². The van der Waals surface area contributed by atoms with E-state index in [4.69, 9.17) is 0 Å². The minimum atomic E-state index is -0.435.